The number of aryl methyl sites for hydroxylation is 2. The Kier molecular flexibility index (Phi) is 6.79. The van der Waals surface area contributed by atoms with Gasteiger partial charge >= 0.3 is 0 Å². The van der Waals surface area contributed by atoms with Crippen LogP contribution in [0.1, 0.15) is 31.4 Å². The minimum absolute atomic E-state index is 0.376. The van der Waals surface area contributed by atoms with Gasteiger partial charge in [-0.3, -0.25) is 10.1 Å². The van der Waals surface area contributed by atoms with E-state index in [0.29, 0.717) is 23.5 Å². The van der Waals surface area contributed by atoms with Gasteiger partial charge in [0.2, 0.25) is 0 Å². The van der Waals surface area contributed by atoms with Crippen molar-refractivity contribution in [3.8, 4) is 0 Å². The molecule has 0 unspecified atom stereocenters. The Hall–Kier alpha value is -2.16. The normalized spacial score (nSPS) is 11.7. The molecule has 0 saturated carbocycles. The standard InChI is InChI=1S/C14H22N8S/c1-3-7-16-13(15)19-11-6-8-17-14(20-11)23-9-4-5-12-18-10(2)21-22-12/h6,8H,3-5,7,9H2,1-2H3,(H,18,21,22)(H3,15,16,17,19,20). The fourth-order valence-corrected chi connectivity index (χ4v) is 2.55. The zero-order valence-corrected chi connectivity index (χ0v) is 14.2. The first-order chi connectivity index (χ1) is 11.2. The van der Waals surface area contributed by atoms with Crippen molar-refractivity contribution in [2.24, 2.45) is 10.7 Å². The van der Waals surface area contributed by atoms with E-state index in [9.17, 15) is 0 Å². The maximum Gasteiger partial charge on any atom is 0.194 e. The highest BCUT2D eigenvalue weighted by molar-refractivity contribution is 7.99. The van der Waals surface area contributed by atoms with Crippen LogP contribution in [0.25, 0.3) is 0 Å². The van der Waals surface area contributed by atoms with Gasteiger partial charge in [0, 0.05) is 24.9 Å². The fourth-order valence-electron chi connectivity index (χ4n) is 1.78. The van der Waals surface area contributed by atoms with Crippen molar-refractivity contribution in [2.75, 3.05) is 17.6 Å². The first-order valence-electron chi connectivity index (χ1n) is 7.58. The molecule has 8 nitrogen and oxygen atoms in total. The molecule has 0 bridgehead atoms. The number of hydrogen-bond acceptors (Lipinski definition) is 6. The van der Waals surface area contributed by atoms with E-state index in [1.807, 2.05) is 6.92 Å². The lowest BCUT2D eigenvalue weighted by molar-refractivity contribution is 0.845. The van der Waals surface area contributed by atoms with Crippen LogP contribution in [0.4, 0.5) is 5.82 Å². The lowest BCUT2D eigenvalue weighted by Gasteiger charge is -2.05. The topological polar surface area (TPSA) is 118 Å². The lowest BCUT2D eigenvalue weighted by Crippen LogP contribution is -2.23. The molecule has 0 aliphatic rings. The van der Waals surface area contributed by atoms with Crippen LogP contribution in [-0.2, 0) is 6.42 Å². The van der Waals surface area contributed by atoms with Crippen molar-refractivity contribution in [1.82, 2.24) is 25.1 Å². The van der Waals surface area contributed by atoms with Crippen LogP contribution in [-0.4, -0.2) is 43.4 Å². The number of nitrogens with two attached hydrogens (primary N) is 1. The van der Waals surface area contributed by atoms with E-state index in [2.05, 4.69) is 42.4 Å². The molecule has 2 aromatic rings. The summed E-state index contributed by atoms with van der Waals surface area (Å²) in [6, 6.07) is 1.77. The van der Waals surface area contributed by atoms with E-state index in [1.54, 1.807) is 24.0 Å². The number of rotatable bonds is 8. The summed E-state index contributed by atoms with van der Waals surface area (Å²) in [5.41, 5.74) is 5.78. The number of aliphatic imine (C=N–C) groups is 1. The van der Waals surface area contributed by atoms with Crippen LogP contribution in [0.15, 0.2) is 22.4 Å². The van der Waals surface area contributed by atoms with E-state index < -0.39 is 0 Å². The van der Waals surface area contributed by atoms with Crippen molar-refractivity contribution < 1.29 is 0 Å². The van der Waals surface area contributed by atoms with Crippen LogP contribution < -0.4 is 11.1 Å². The molecule has 0 radical (unpaired) electrons. The molecule has 0 atom stereocenters. The first kappa shape index (κ1) is 17.2. The van der Waals surface area contributed by atoms with E-state index in [0.717, 1.165) is 36.7 Å². The predicted octanol–water partition coefficient (Wildman–Crippen LogP) is 1.76. The van der Waals surface area contributed by atoms with Crippen LogP contribution in [0, 0.1) is 6.92 Å². The number of aromatic amines is 1. The second-order valence-electron chi connectivity index (χ2n) is 4.91. The van der Waals surface area contributed by atoms with Gasteiger partial charge in [-0.25, -0.2) is 15.0 Å². The van der Waals surface area contributed by atoms with Crippen LogP contribution in [0.2, 0.25) is 0 Å². The Labute approximate surface area is 139 Å². The number of anilines is 1. The Morgan fingerprint density at radius 1 is 1.43 bits per heavy atom. The van der Waals surface area contributed by atoms with Gasteiger partial charge in [-0.15, -0.1) is 0 Å². The first-order valence-corrected chi connectivity index (χ1v) is 8.56. The molecule has 0 saturated heterocycles. The second kappa shape index (κ2) is 9.09. The Balaban J connectivity index is 1.78. The average molecular weight is 334 g/mol. The molecule has 4 N–H and O–H groups in total. The van der Waals surface area contributed by atoms with Crippen molar-refractivity contribution >= 4 is 23.5 Å². The number of nitrogens with zero attached hydrogens (tertiary/aromatic N) is 5. The highest BCUT2D eigenvalue weighted by Crippen LogP contribution is 2.16. The van der Waals surface area contributed by atoms with E-state index >= 15 is 0 Å². The summed E-state index contributed by atoms with van der Waals surface area (Å²) < 4.78 is 0. The van der Waals surface area contributed by atoms with Crippen LogP contribution >= 0.6 is 11.8 Å². The Morgan fingerprint density at radius 2 is 2.30 bits per heavy atom. The molecule has 23 heavy (non-hydrogen) atoms. The maximum absolute atomic E-state index is 5.78. The number of aromatic nitrogens is 5. The molecule has 0 aromatic carbocycles. The summed E-state index contributed by atoms with van der Waals surface area (Å²) >= 11 is 1.60. The highest BCUT2D eigenvalue weighted by atomic mass is 32.2. The largest absolute Gasteiger partial charge is 0.370 e. The summed E-state index contributed by atoms with van der Waals surface area (Å²) in [4.78, 5) is 17.1. The highest BCUT2D eigenvalue weighted by Gasteiger charge is 2.03. The fraction of sp³-hybridized carbons (Fsp3) is 0.500. The van der Waals surface area contributed by atoms with Gasteiger partial charge < -0.3 is 11.1 Å². The molecule has 0 amide bonds. The monoisotopic (exact) mass is 334 g/mol. The van der Waals surface area contributed by atoms with Gasteiger partial charge in [-0.2, -0.15) is 5.10 Å². The third-order valence-electron chi connectivity index (χ3n) is 2.81. The minimum Gasteiger partial charge on any atom is -0.370 e. The van der Waals surface area contributed by atoms with Gasteiger partial charge in [0.25, 0.3) is 0 Å². The smallest absolute Gasteiger partial charge is 0.194 e. The number of H-pyrrole nitrogens is 1. The maximum atomic E-state index is 5.78. The summed E-state index contributed by atoms with van der Waals surface area (Å²) in [6.45, 7) is 4.65. The summed E-state index contributed by atoms with van der Waals surface area (Å²) in [7, 11) is 0. The van der Waals surface area contributed by atoms with E-state index in [1.165, 1.54) is 0 Å². The molecule has 0 fully saturated rings. The van der Waals surface area contributed by atoms with E-state index in [-0.39, 0.29) is 0 Å². The Morgan fingerprint density at radius 3 is 3.04 bits per heavy atom. The summed E-state index contributed by atoms with van der Waals surface area (Å²) in [6.07, 6.45) is 4.47. The number of hydrogen-bond donors (Lipinski definition) is 3. The zero-order chi connectivity index (χ0) is 16.5. The molecule has 124 valence electrons. The van der Waals surface area contributed by atoms with Crippen molar-refractivity contribution in [3.05, 3.63) is 23.9 Å². The lowest BCUT2D eigenvalue weighted by atomic mass is 10.3. The molecular formula is C14H22N8S. The van der Waals surface area contributed by atoms with Crippen LogP contribution in [0.3, 0.4) is 0 Å². The van der Waals surface area contributed by atoms with Crippen LogP contribution in [0.5, 0.6) is 0 Å². The number of guanidine groups is 1. The molecule has 0 aliphatic heterocycles. The molecule has 2 heterocycles. The number of nitrogens with one attached hydrogen (secondary N) is 2. The zero-order valence-electron chi connectivity index (χ0n) is 13.4. The Bertz CT molecular complexity index is 639. The summed E-state index contributed by atoms with van der Waals surface area (Å²) in [5.74, 6) is 3.62. The van der Waals surface area contributed by atoms with Gasteiger partial charge in [-0.05, 0) is 25.8 Å². The molecule has 0 aliphatic carbocycles. The second-order valence-corrected chi connectivity index (χ2v) is 5.97. The minimum atomic E-state index is 0.376. The average Bonchev–Trinajstić information content (AvgIpc) is 2.95. The molecule has 2 aromatic heterocycles. The van der Waals surface area contributed by atoms with E-state index in [4.69, 9.17) is 5.73 Å². The van der Waals surface area contributed by atoms with Gasteiger partial charge in [0.1, 0.15) is 11.6 Å². The predicted molar refractivity (Wildman–Crippen MR) is 92.6 cm³/mol. The van der Waals surface area contributed by atoms with Crippen molar-refractivity contribution in [1.29, 1.82) is 0 Å². The third kappa shape index (κ3) is 6.23. The summed E-state index contributed by atoms with van der Waals surface area (Å²) in [5, 5.41) is 10.6. The quantitative estimate of drug-likeness (QED) is 0.221. The SMILES string of the molecule is CCCN=C(N)Nc1ccnc(SCCCc2n[nH]c(C)n2)n1. The number of thioether (sulfide) groups is 1. The van der Waals surface area contributed by atoms with Crippen molar-refractivity contribution in [3.63, 3.8) is 0 Å². The molecule has 9 heteroatoms. The van der Waals surface area contributed by atoms with Gasteiger partial charge in [0.05, 0.1) is 0 Å². The molecule has 0 spiro atoms. The van der Waals surface area contributed by atoms with Gasteiger partial charge in [0.15, 0.2) is 16.9 Å². The molecular weight excluding hydrogens is 312 g/mol. The third-order valence-corrected chi connectivity index (χ3v) is 3.76. The van der Waals surface area contributed by atoms with Gasteiger partial charge in [-0.1, -0.05) is 18.7 Å². The van der Waals surface area contributed by atoms with Crippen molar-refractivity contribution in [2.45, 2.75) is 38.3 Å². The molecule has 2 rings (SSSR count).